The Morgan fingerprint density at radius 3 is 1.47 bits per heavy atom. The molecule has 6 aromatic rings. The zero-order valence-electron chi connectivity index (χ0n) is 35.6. The van der Waals surface area contributed by atoms with Crippen molar-refractivity contribution in [3.63, 3.8) is 0 Å². The fourth-order valence-corrected chi connectivity index (χ4v) is 7.71. The molecule has 6 rings (SSSR count). The van der Waals surface area contributed by atoms with Crippen LogP contribution in [0.1, 0.15) is 48.4 Å². The molecule has 12 N–H and O–H groups in total. The molecule has 2 aromatic heterocycles. The molecule has 0 aliphatic rings. The van der Waals surface area contributed by atoms with Gasteiger partial charge in [-0.15, -0.1) is 0 Å². The third-order valence-electron chi connectivity index (χ3n) is 11.1. The van der Waals surface area contributed by atoms with E-state index in [4.69, 9.17) is 11.5 Å². The van der Waals surface area contributed by atoms with Gasteiger partial charge in [-0.3, -0.25) is 28.8 Å². The highest BCUT2D eigenvalue weighted by atomic mass is 16.3. The van der Waals surface area contributed by atoms with Gasteiger partial charge in [-0.2, -0.15) is 0 Å². The van der Waals surface area contributed by atoms with Crippen LogP contribution in [-0.2, 0) is 54.5 Å². The summed E-state index contributed by atoms with van der Waals surface area (Å²) in [5, 5.41) is 25.6. The smallest absolute Gasteiger partial charge is 0.243 e. The number of nitrogens with one attached hydrogen (secondary N) is 7. The van der Waals surface area contributed by atoms with Gasteiger partial charge in [-0.05, 0) is 72.3 Å². The fraction of sp³-hybridized carbons (Fsp3) is 0.292. The molecular formula is C48H55N9O7. The van der Waals surface area contributed by atoms with Gasteiger partial charge in [0.15, 0.2) is 0 Å². The highest BCUT2D eigenvalue weighted by Gasteiger charge is 2.33. The maximum absolute atomic E-state index is 14.8. The average Bonchev–Trinajstić information content (AvgIpc) is 3.89. The molecule has 0 aliphatic heterocycles. The van der Waals surface area contributed by atoms with Gasteiger partial charge in [0, 0.05) is 66.8 Å². The quantitative estimate of drug-likeness (QED) is 0.0453. The molecule has 0 saturated carbocycles. The molecule has 64 heavy (non-hydrogen) atoms. The number of benzene rings is 4. The number of amides is 6. The van der Waals surface area contributed by atoms with E-state index in [2.05, 4.69) is 36.6 Å². The second kappa shape index (κ2) is 22.1. The first-order valence-electron chi connectivity index (χ1n) is 21.3. The molecule has 5 atom stereocenters. The van der Waals surface area contributed by atoms with Gasteiger partial charge >= 0.3 is 0 Å². The lowest BCUT2D eigenvalue weighted by Crippen LogP contribution is -2.60. The summed E-state index contributed by atoms with van der Waals surface area (Å²) in [6.07, 6.45) is 4.94. The minimum absolute atomic E-state index is 0.000383. The van der Waals surface area contributed by atoms with Crippen molar-refractivity contribution in [3.8, 4) is 5.75 Å². The van der Waals surface area contributed by atoms with Crippen molar-refractivity contribution in [3.05, 3.63) is 138 Å². The molecule has 6 amide bonds. The summed E-state index contributed by atoms with van der Waals surface area (Å²) in [5.41, 5.74) is 15.9. The predicted octanol–water partition coefficient (Wildman–Crippen LogP) is 2.68. The van der Waals surface area contributed by atoms with Crippen LogP contribution in [0.25, 0.3) is 21.8 Å². The van der Waals surface area contributed by atoms with Crippen LogP contribution in [0, 0.1) is 0 Å². The molecule has 0 saturated heterocycles. The molecule has 334 valence electrons. The maximum Gasteiger partial charge on any atom is 0.243 e. The summed E-state index contributed by atoms with van der Waals surface area (Å²) in [7, 11) is 0. The molecule has 16 nitrogen and oxygen atoms in total. The van der Waals surface area contributed by atoms with Crippen molar-refractivity contribution < 1.29 is 33.9 Å². The van der Waals surface area contributed by atoms with E-state index in [9.17, 15) is 33.9 Å². The second-order valence-corrected chi connectivity index (χ2v) is 15.9. The van der Waals surface area contributed by atoms with Crippen LogP contribution in [-0.4, -0.2) is 87.3 Å². The fourth-order valence-electron chi connectivity index (χ4n) is 7.71. The first-order chi connectivity index (χ1) is 30.9. The largest absolute Gasteiger partial charge is 0.508 e. The first-order valence-corrected chi connectivity index (χ1v) is 21.3. The number of aromatic amines is 2. The molecule has 2 heterocycles. The van der Waals surface area contributed by atoms with E-state index in [0.717, 1.165) is 27.4 Å². The van der Waals surface area contributed by atoms with E-state index in [0.29, 0.717) is 36.1 Å². The van der Waals surface area contributed by atoms with Gasteiger partial charge < -0.3 is 53.1 Å². The number of para-hydroxylation sites is 2. The zero-order chi connectivity index (χ0) is 45.6. The number of aromatic nitrogens is 2. The summed E-state index contributed by atoms with van der Waals surface area (Å²) < 4.78 is 0. The molecule has 0 aliphatic carbocycles. The second-order valence-electron chi connectivity index (χ2n) is 15.9. The molecule has 0 fully saturated rings. The summed E-state index contributed by atoms with van der Waals surface area (Å²) in [4.78, 5) is 88.8. The van der Waals surface area contributed by atoms with Crippen LogP contribution >= 0.6 is 0 Å². The van der Waals surface area contributed by atoms with E-state index in [1.807, 2.05) is 78.9 Å². The minimum Gasteiger partial charge on any atom is -0.508 e. The van der Waals surface area contributed by atoms with Crippen molar-refractivity contribution in [2.45, 2.75) is 82.1 Å². The summed E-state index contributed by atoms with van der Waals surface area (Å²) in [6, 6.07) is 24.2. The van der Waals surface area contributed by atoms with Crippen molar-refractivity contribution in [2.75, 3.05) is 6.54 Å². The van der Waals surface area contributed by atoms with E-state index in [1.165, 1.54) is 19.1 Å². The van der Waals surface area contributed by atoms with Crippen LogP contribution in [0.2, 0.25) is 0 Å². The molecule has 16 heteroatoms. The summed E-state index contributed by atoms with van der Waals surface area (Å²) in [5.74, 6) is -3.92. The molecular weight excluding hydrogens is 815 g/mol. The van der Waals surface area contributed by atoms with Gasteiger partial charge in [0.25, 0.3) is 0 Å². The number of carbonyl (C=O) groups is 6. The Morgan fingerprint density at radius 2 is 0.969 bits per heavy atom. The number of phenols is 1. The minimum atomic E-state index is -1.31. The molecule has 0 spiro atoms. The van der Waals surface area contributed by atoms with Gasteiger partial charge in [-0.25, -0.2) is 0 Å². The number of phenolic OH excluding ortho intramolecular Hbond substituents is 1. The number of fused-ring (bicyclic) bond motifs is 2. The Kier molecular flexibility index (Phi) is 15.9. The number of aromatic hydroxyl groups is 1. The summed E-state index contributed by atoms with van der Waals surface area (Å²) in [6.45, 7) is 1.69. The lowest BCUT2D eigenvalue weighted by molar-refractivity contribution is -0.135. The Labute approximate surface area is 370 Å². The number of hydrogen-bond acceptors (Lipinski definition) is 8. The number of rotatable bonds is 22. The Bertz CT molecular complexity index is 2560. The third-order valence-corrected chi connectivity index (χ3v) is 11.1. The van der Waals surface area contributed by atoms with Crippen LogP contribution < -0.4 is 38.1 Å². The Hall–Kier alpha value is -7.46. The van der Waals surface area contributed by atoms with Gasteiger partial charge in [0.05, 0.1) is 0 Å². The van der Waals surface area contributed by atoms with E-state index in [1.54, 1.807) is 24.5 Å². The first kappa shape index (κ1) is 46.1. The lowest BCUT2D eigenvalue weighted by Gasteiger charge is -2.27. The van der Waals surface area contributed by atoms with Gasteiger partial charge in [-0.1, -0.05) is 78.9 Å². The van der Waals surface area contributed by atoms with E-state index >= 15 is 0 Å². The average molecular weight is 870 g/mol. The van der Waals surface area contributed by atoms with E-state index in [-0.39, 0.29) is 37.9 Å². The maximum atomic E-state index is 14.8. The van der Waals surface area contributed by atoms with Crippen LogP contribution in [0.5, 0.6) is 5.75 Å². The predicted molar refractivity (Wildman–Crippen MR) is 243 cm³/mol. The highest BCUT2D eigenvalue weighted by Crippen LogP contribution is 2.22. The van der Waals surface area contributed by atoms with Crippen LogP contribution in [0.3, 0.4) is 0 Å². The third kappa shape index (κ3) is 12.6. The molecule has 0 radical (unpaired) electrons. The number of nitrogens with two attached hydrogens (primary N) is 2. The number of carbonyl (C=O) groups excluding carboxylic acids is 6. The lowest BCUT2D eigenvalue weighted by atomic mass is 9.99. The van der Waals surface area contributed by atoms with E-state index < -0.39 is 65.7 Å². The van der Waals surface area contributed by atoms with Crippen molar-refractivity contribution in [1.29, 1.82) is 0 Å². The van der Waals surface area contributed by atoms with Gasteiger partial charge in [0.2, 0.25) is 35.4 Å². The van der Waals surface area contributed by atoms with Crippen molar-refractivity contribution >= 4 is 57.2 Å². The number of H-pyrrole nitrogens is 2. The van der Waals surface area contributed by atoms with Gasteiger partial charge in [0.1, 0.15) is 36.0 Å². The standard InChI is InChI=1S/C48H55N9O7/c1-29(58)53-39(17-9-10-22-49)45(61)55-41(24-31-18-20-34(59)21-19-31)46(62)56-43(26-33-28-52-38-16-8-6-14-36(33)38)48(64)57-42(25-32-27-51-37-15-7-5-13-35(32)37)47(63)54-40(44(50)60)23-30-11-3-2-4-12-30/h2-8,11-16,18-21,27-28,39-43,51-52,59H,9-10,17,22-26,49H2,1H3,(H2,50,60)(H,53,58)(H,54,63)(H,55,61)(H,56,62)(H,57,64)/t39-,40+,41+,42-,43-/m1/s1. The molecule has 0 bridgehead atoms. The van der Waals surface area contributed by atoms with Crippen molar-refractivity contribution in [1.82, 2.24) is 36.6 Å². The van der Waals surface area contributed by atoms with Crippen LogP contribution in [0.15, 0.2) is 116 Å². The Balaban J connectivity index is 1.32. The SMILES string of the molecule is CC(=O)N[C@H](CCCCN)C(=O)N[C@@H](Cc1ccc(O)cc1)C(=O)N[C@H](Cc1c[nH]c2ccccc12)C(=O)N[C@H](Cc1c[nH]c2ccccc12)C(=O)N[C@@H](Cc1ccccc1)C(N)=O. The molecule has 4 aromatic carbocycles. The monoisotopic (exact) mass is 869 g/mol. The van der Waals surface area contributed by atoms with Crippen LogP contribution in [0.4, 0.5) is 0 Å². The topological polar surface area (TPSA) is 266 Å². The number of unbranched alkanes of at least 4 members (excludes halogenated alkanes) is 1. The zero-order valence-corrected chi connectivity index (χ0v) is 35.6. The highest BCUT2D eigenvalue weighted by molar-refractivity contribution is 5.97. The molecule has 0 unspecified atom stereocenters. The summed E-state index contributed by atoms with van der Waals surface area (Å²) >= 11 is 0. The number of hydrogen-bond donors (Lipinski definition) is 10. The Morgan fingerprint density at radius 1 is 0.531 bits per heavy atom. The number of primary amides is 1. The normalized spacial score (nSPS) is 13.5. The van der Waals surface area contributed by atoms with Crippen molar-refractivity contribution in [2.24, 2.45) is 11.5 Å².